The zero-order valence-corrected chi connectivity index (χ0v) is 13.3. The molecule has 114 valence electrons. The third-order valence-corrected chi connectivity index (χ3v) is 3.83. The highest BCUT2D eigenvalue weighted by atomic mass is 16.2. The second-order valence-electron chi connectivity index (χ2n) is 6.73. The highest BCUT2D eigenvalue weighted by molar-refractivity contribution is 5.97. The zero-order chi connectivity index (χ0) is 15.8. The topological polar surface area (TPSA) is 62.3 Å². The molecule has 1 aromatic heterocycles. The predicted molar refractivity (Wildman–Crippen MR) is 80.4 cm³/mol. The number of hydrogen-bond donors (Lipinski definition) is 1. The van der Waals surface area contributed by atoms with E-state index in [2.05, 4.69) is 10.3 Å². The molecule has 1 aliphatic heterocycles. The smallest absolute Gasteiger partial charge is 0.245 e. The number of aromatic nitrogens is 1. The average molecular weight is 289 g/mol. The molecule has 5 heteroatoms. The van der Waals surface area contributed by atoms with Gasteiger partial charge in [-0.25, -0.2) is 0 Å². The van der Waals surface area contributed by atoms with Crippen LogP contribution in [0.1, 0.15) is 39.0 Å². The van der Waals surface area contributed by atoms with Gasteiger partial charge in [-0.05, 0) is 30.9 Å². The second-order valence-corrected chi connectivity index (χ2v) is 6.73. The van der Waals surface area contributed by atoms with Gasteiger partial charge in [0, 0.05) is 6.20 Å². The van der Waals surface area contributed by atoms with Crippen LogP contribution < -0.4 is 5.32 Å². The van der Waals surface area contributed by atoms with Gasteiger partial charge < -0.3 is 10.2 Å². The fourth-order valence-electron chi connectivity index (χ4n) is 2.75. The van der Waals surface area contributed by atoms with Gasteiger partial charge in [0.1, 0.15) is 12.1 Å². The largest absolute Gasteiger partial charge is 0.343 e. The Morgan fingerprint density at radius 3 is 2.57 bits per heavy atom. The zero-order valence-electron chi connectivity index (χ0n) is 13.3. The summed E-state index contributed by atoms with van der Waals surface area (Å²) in [5.41, 5.74) is 1.53. The third kappa shape index (κ3) is 3.06. The van der Waals surface area contributed by atoms with Crippen molar-refractivity contribution < 1.29 is 9.59 Å². The van der Waals surface area contributed by atoms with Crippen LogP contribution in [0.5, 0.6) is 0 Å². The van der Waals surface area contributed by atoms with Gasteiger partial charge in [-0.1, -0.05) is 26.8 Å². The summed E-state index contributed by atoms with van der Waals surface area (Å²) in [7, 11) is 0. The van der Waals surface area contributed by atoms with Crippen molar-refractivity contribution in [3.63, 3.8) is 0 Å². The van der Waals surface area contributed by atoms with Crippen LogP contribution in [0.3, 0.4) is 0 Å². The first-order chi connectivity index (χ1) is 9.71. The van der Waals surface area contributed by atoms with Crippen molar-refractivity contribution in [1.29, 1.82) is 0 Å². The van der Waals surface area contributed by atoms with Crippen LogP contribution in [0.15, 0.2) is 18.3 Å². The molecule has 0 aliphatic carbocycles. The SMILES string of the molecule is Cc1cccnc1CN1C(=O)C(C)NC(=O)C1C(C)(C)C. The summed E-state index contributed by atoms with van der Waals surface area (Å²) in [5.74, 6) is -0.150. The Hall–Kier alpha value is -1.91. The van der Waals surface area contributed by atoms with E-state index in [1.165, 1.54) is 0 Å². The highest BCUT2D eigenvalue weighted by Crippen LogP contribution is 2.29. The number of carbonyl (C=O) groups excluding carboxylic acids is 2. The molecule has 1 N–H and O–H groups in total. The van der Waals surface area contributed by atoms with Crippen molar-refractivity contribution in [3.8, 4) is 0 Å². The summed E-state index contributed by atoms with van der Waals surface area (Å²) < 4.78 is 0. The molecule has 2 amide bonds. The molecule has 1 aliphatic rings. The minimum atomic E-state index is -0.486. The molecular weight excluding hydrogens is 266 g/mol. The molecular formula is C16H23N3O2. The van der Waals surface area contributed by atoms with Crippen molar-refractivity contribution in [1.82, 2.24) is 15.2 Å². The normalized spacial score (nSPS) is 23.2. The fraction of sp³-hybridized carbons (Fsp3) is 0.562. The Morgan fingerprint density at radius 2 is 2.00 bits per heavy atom. The number of hydrogen-bond acceptors (Lipinski definition) is 3. The van der Waals surface area contributed by atoms with Crippen LogP contribution in [-0.2, 0) is 16.1 Å². The van der Waals surface area contributed by atoms with Gasteiger partial charge in [0.15, 0.2) is 0 Å². The lowest BCUT2D eigenvalue weighted by Crippen LogP contribution is -2.65. The molecule has 0 bridgehead atoms. The number of rotatable bonds is 2. The van der Waals surface area contributed by atoms with Gasteiger partial charge in [0.05, 0.1) is 12.2 Å². The maximum absolute atomic E-state index is 12.5. The van der Waals surface area contributed by atoms with Crippen LogP contribution in [0.4, 0.5) is 0 Å². The maximum atomic E-state index is 12.5. The molecule has 0 saturated carbocycles. The highest BCUT2D eigenvalue weighted by Gasteiger charge is 2.44. The molecule has 2 rings (SSSR count). The Labute approximate surface area is 125 Å². The van der Waals surface area contributed by atoms with E-state index in [0.717, 1.165) is 11.3 Å². The summed E-state index contributed by atoms with van der Waals surface area (Å²) in [6.07, 6.45) is 1.71. The van der Waals surface area contributed by atoms with Crippen molar-refractivity contribution in [2.45, 2.75) is 53.2 Å². The van der Waals surface area contributed by atoms with Crippen LogP contribution in [0.25, 0.3) is 0 Å². The standard InChI is InChI=1S/C16H23N3O2/c1-10-7-6-8-17-12(10)9-19-13(16(3,4)5)14(20)18-11(2)15(19)21/h6-8,11,13H,9H2,1-5H3,(H,18,20). The molecule has 1 saturated heterocycles. The molecule has 1 fully saturated rings. The molecule has 2 heterocycles. The van der Waals surface area contributed by atoms with Gasteiger partial charge >= 0.3 is 0 Å². The molecule has 0 aromatic carbocycles. The molecule has 0 radical (unpaired) electrons. The first kappa shape index (κ1) is 15.5. The molecule has 1 aromatic rings. The fourth-order valence-corrected chi connectivity index (χ4v) is 2.75. The molecule has 2 unspecified atom stereocenters. The molecule has 0 spiro atoms. The van der Waals surface area contributed by atoms with Crippen LogP contribution >= 0.6 is 0 Å². The van der Waals surface area contributed by atoms with Gasteiger partial charge in [-0.15, -0.1) is 0 Å². The van der Waals surface area contributed by atoms with Gasteiger partial charge in [-0.3, -0.25) is 14.6 Å². The Morgan fingerprint density at radius 1 is 1.33 bits per heavy atom. The van der Waals surface area contributed by atoms with E-state index in [4.69, 9.17) is 0 Å². The maximum Gasteiger partial charge on any atom is 0.245 e. The summed E-state index contributed by atoms with van der Waals surface area (Å²) in [6, 6.07) is 2.86. The third-order valence-electron chi connectivity index (χ3n) is 3.83. The van der Waals surface area contributed by atoms with E-state index < -0.39 is 12.1 Å². The van der Waals surface area contributed by atoms with E-state index in [0.29, 0.717) is 6.54 Å². The van der Waals surface area contributed by atoms with Gasteiger partial charge in [0.25, 0.3) is 0 Å². The first-order valence-corrected chi connectivity index (χ1v) is 7.23. The summed E-state index contributed by atoms with van der Waals surface area (Å²) in [5, 5.41) is 2.77. The molecule has 5 nitrogen and oxygen atoms in total. The quantitative estimate of drug-likeness (QED) is 0.900. The lowest BCUT2D eigenvalue weighted by molar-refractivity contribution is -0.154. The summed E-state index contributed by atoms with van der Waals surface area (Å²) >= 11 is 0. The number of carbonyl (C=O) groups is 2. The van der Waals surface area contributed by atoms with Crippen LogP contribution in [-0.4, -0.2) is 33.8 Å². The van der Waals surface area contributed by atoms with Crippen molar-refractivity contribution >= 4 is 11.8 Å². The molecule has 21 heavy (non-hydrogen) atoms. The van der Waals surface area contributed by atoms with E-state index in [1.807, 2.05) is 39.8 Å². The van der Waals surface area contributed by atoms with Crippen LogP contribution in [0.2, 0.25) is 0 Å². The lowest BCUT2D eigenvalue weighted by atomic mass is 9.83. The number of aryl methyl sites for hydroxylation is 1. The summed E-state index contributed by atoms with van der Waals surface area (Å²) in [4.78, 5) is 30.9. The van der Waals surface area contributed by atoms with Crippen molar-refractivity contribution in [3.05, 3.63) is 29.6 Å². The lowest BCUT2D eigenvalue weighted by Gasteiger charge is -2.44. The van der Waals surface area contributed by atoms with E-state index in [9.17, 15) is 9.59 Å². The number of amides is 2. The van der Waals surface area contributed by atoms with Gasteiger partial charge in [-0.2, -0.15) is 0 Å². The summed E-state index contributed by atoms with van der Waals surface area (Å²) in [6.45, 7) is 9.96. The average Bonchev–Trinajstić information content (AvgIpc) is 2.36. The Bertz CT molecular complexity index is 563. The van der Waals surface area contributed by atoms with E-state index in [-0.39, 0.29) is 17.2 Å². The van der Waals surface area contributed by atoms with Crippen molar-refractivity contribution in [2.75, 3.05) is 0 Å². The van der Waals surface area contributed by atoms with Crippen molar-refractivity contribution in [2.24, 2.45) is 5.41 Å². The van der Waals surface area contributed by atoms with E-state index in [1.54, 1.807) is 18.0 Å². The number of nitrogens with one attached hydrogen (secondary N) is 1. The van der Waals surface area contributed by atoms with E-state index >= 15 is 0 Å². The van der Waals surface area contributed by atoms with Gasteiger partial charge in [0.2, 0.25) is 11.8 Å². The Kier molecular flexibility index (Phi) is 4.03. The number of nitrogens with zero attached hydrogens (tertiary/aromatic N) is 2. The second kappa shape index (κ2) is 5.47. The molecule has 2 atom stereocenters. The van der Waals surface area contributed by atoms with Crippen LogP contribution in [0, 0.1) is 12.3 Å². The minimum Gasteiger partial charge on any atom is -0.343 e. The predicted octanol–water partition coefficient (Wildman–Crippen LogP) is 1.65. The monoisotopic (exact) mass is 289 g/mol. The number of piperazine rings is 1. The first-order valence-electron chi connectivity index (χ1n) is 7.23. The minimum absolute atomic E-state index is 0.0559. The Balaban J connectivity index is 2.37. The number of pyridine rings is 1.